The van der Waals surface area contributed by atoms with Crippen molar-refractivity contribution in [2.24, 2.45) is 0 Å². The molecule has 0 saturated heterocycles. The van der Waals surface area contributed by atoms with Gasteiger partial charge in [0, 0.05) is 5.97 Å². The second kappa shape index (κ2) is 5.21. The number of carbonyl (C=O) groups is 1. The van der Waals surface area contributed by atoms with Gasteiger partial charge in [0.05, 0.1) is 6.61 Å². The first-order chi connectivity index (χ1) is 8.20. The molecule has 17 heavy (non-hydrogen) atoms. The molecule has 0 bridgehead atoms. The fraction of sp³-hybridized carbons (Fsp3) is 0.500. The standard InChI is InChI=1S/C14H18O3/c1-2-17-13-9-11-5-3-4-10(11)8-12(13)6-7-14(15)16/h8-9H,2-7H2,1H3,(H,15,16)/p-1. The molecule has 1 aromatic rings. The van der Waals surface area contributed by atoms with Crippen molar-refractivity contribution in [3.8, 4) is 5.75 Å². The third-order valence-electron chi connectivity index (χ3n) is 3.17. The number of aliphatic carboxylic acids is 1. The number of hydrogen-bond donors (Lipinski definition) is 0. The van der Waals surface area contributed by atoms with Crippen LogP contribution in [0.4, 0.5) is 0 Å². The van der Waals surface area contributed by atoms with Gasteiger partial charge in [-0.15, -0.1) is 0 Å². The Balaban J connectivity index is 2.24. The minimum atomic E-state index is -1.01. The summed E-state index contributed by atoms with van der Waals surface area (Å²) in [6.07, 6.45) is 3.94. The first-order valence-electron chi connectivity index (χ1n) is 6.18. The van der Waals surface area contributed by atoms with Crippen molar-refractivity contribution in [2.75, 3.05) is 6.61 Å². The first kappa shape index (κ1) is 12.0. The lowest BCUT2D eigenvalue weighted by atomic mass is 10.0. The van der Waals surface area contributed by atoms with E-state index in [0.717, 1.165) is 24.2 Å². The number of rotatable bonds is 5. The topological polar surface area (TPSA) is 49.4 Å². The third kappa shape index (κ3) is 2.78. The number of aryl methyl sites for hydroxylation is 3. The number of carboxylic acid groups (broad SMARTS) is 1. The SMILES string of the molecule is CCOc1cc2c(cc1CCC(=O)[O-])CCC2. The Morgan fingerprint density at radius 3 is 2.71 bits per heavy atom. The van der Waals surface area contributed by atoms with Gasteiger partial charge in [-0.2, -0.15) is 0 Å². The number of fused-ring (bicyclic) bond motifs is 1. The van der Waals surface area contributed by atoms with Gasteiger partial charge in [-0.1, -0.05) is 6.07 Å². The maximum absolute atomic E-state index is 10.5. The molecule has 0 fully saturated rings. The minimum absolute atomic E-state index is 0.0544. The van der Waals surface area contributed by atoms with Gasteiger partial charge >= 0.3 is 0 Å². The minimum Gasteiger partial charge on any atom is -0.550 e. The average Bonchev–Trinajstić information content (AvgIpc) is 2.73. The number of benzene rings is 1. The van der Waals surface area contributed by atoms with Crippen LogP contribution in [0.2, 0.25) is 0 Å². The lowest BCUT2D eigenvalue weighted by molar-refractivity contribution is -0.305. The summed E-state index contributed by atoms with van der Waals surface area (Å²) in [5.74, 6) is -0.164. The fourth-order valence-electron chi connectivity index (χ4n) is 2.37. The van der Waals surface area contributed by atoms with E-state index in [-0.39, 0.29) is 6.42 Å². The zero-order valence-electron chi connectivity index (χ0n) is 10.1. The highest BCUT2D eigenvalue weighted by Gasteiger charge is 2.15. The molecule has 1 aliphatic carbocycles. The van der Waals surface area contributed by atoms with E-state index in [2.05, 4.69) is 12.1 Å². The largest absolute Gasteiger partial charge is 0.550 e. The quantitative estimate of drug-likeness (QED) is 0.769. The first-order valence-corrected chi connectivity index (χ1v) is 6.18. The average molecular weight is 233 g/mol. The van der Waals surface area contributed by atoms with Crippen LogP contribution >= 0.6 is 0 Å². The monoisotopic (exact) mass is 233 g/mol. The van der Waals surface area contributed by atoms with Crippen LogP contribution < -0.4 is 9.84 Å². The molecular formula is C14H17O3-. The Hall–Kier alpha value is -1.51. The van der Waals surface area contributed by atoms with Gasteiger partial charge in [0.15, 0.2) is 0 Å². The Morgan fingerprint density at radius 1 is 1.35 bits per heavy atom. The Bertz CT molecular complexity index is 424. The molecule has 0 spiro atoms. The van der Waals surface area contributed by atoms with Crippen LogP contribution in [0.25, 0.3) is 0 Å². The summed E-state index contributed by atoms with van der Waals surface area (Å²) in [6.45, 7) is 2.55. The van der Waals surface area contributed by atoms with E-state index in [1.807, 2.05) is 6.92 Å². The van der Waals surface area contributed by atoms with E-state index in [1.54, 1.807) is 0 Å². The number of carbonyl (C=O) groups excluding carboxylic acids is 1. The molecule has 0 aliphatic heterocycles. The number of carboxylic acids is 1. The Kier molecular flexibility index (Phi) is 3.67. The maximum Gasteiger partial charge on any atom is 0.122 e. The van der Waals surface area contributed by atoms with E-state index in [4.69, 9.17) is 4.74 Å². The van der Waals surface area contributed by atoms with Gasteiger partial charge in [0.2, 0.25) is 0 Å². The van der Waals surface area contributed by atoms with E-state index in [9.17, 15) is 9.90 Å². The highest BCUT2D eigenvalue weighted by molar-refractivity contribution is 5.65. The Morgan fingerprint density at radius 2 is 2.06 bits per heavy atom. The van der Waals surface area contributed by atoms with Crippen molar-refractivity contribution in [1.29, 1.82) is 0 Å². The van der Waals surface area contributed by atoms with Crippen molar-refractivity contribution in [2.45, 2.75) is 39.0 Å². The molecular weight excluding hydrogens is 216 g/mol. The van der Waals surface area contributed by atoms with E-state index < -0.39 is 5.97 Å². The van der Waals surface area contributed by atoms with Crippen LogP contribution in [0.5, 0.6) is 5.75 Å². The highest BCUT2D eigenvalue weighted by Crippen LogP contribution is 2.30. The molecule has 0 N–H and O–H groups in total. The molecule has 3 nitrogen and oxygen atoms in total. The second-order valence-corrected chi connectivity index (χ2v) is 4.39. The molecule has 0 saturated carbocycles. The summed E-state index contributed by atoms with van der Waals surface area (Å²) >= 11 is 0. The van der Waals surface area contributed by atoms with Gasteiger partial charge in [0.25, 0.3) is 0 Å². The fourth-order valence-corrected chi connectivity index (χ4v) is 2.37. The van der Waals surface area contributed by atoms with E-state index in [1.165, 1.54) is 17.5 Å². The van der Waals surface area contributed by atoms with E-state index >= 15 is 0 Å². The predicted octanol–water partition coefficient (Wildman–Crippen LogP) is 1.26. The predicted molar refractivity (Wildman–Crippen MR) is 63.0 cm³/mol. The van der Waals surface area contributed by atoms with Gasteiger partial charge in [0.1, 0.15) is 5.75 Å². The summed E-state index contributed by atoms with van der Waals surface area (Å²) in [7, 11) is 0. The summed E-state index contributed by atoms with van der Waals surface area (Å²) in [5, 5.41) is 10.5. The molecule has 0 atom stereocenters. The third-order valence-corrected chi connectivity index (χ3v) is 3.17. The van der Waals surface area contributed by atoms with Crippen LogP contribution in [-0.4, -0.2) is 12.6 Å². The van der Waals surface area contributed by atoms with Crippen molar-refractivity contribution >= 4 is 5.97 Å². The lowest BCUT2D eigenvalue weighted by Crippen LogP contribution is -2.22. The van der Waals surface area contributed by atoms with Crippen molar-refractivity contribution in [3.05, 3.63) is 28.8 Å². The van der Waals surface area contributed by atoms with Crippen LogP contribution in [0.1, 0.15) is 36.5 Å². The Labute approximate surface area is 101 Å². The van der Waals surface area contributed by atoms with Crippen molar-refractivity contribution in [3.63, 3.8) is 0 Å². The van der Waals surface area contributed by atoms with Gasteiger partial charge in [-0.05, 0) is 61.8 Å². The molecule has 1 aromatic carbocycles. The highest BCUT2D eigenvalue weighted by atomic mass is 16.5. The van der Waals surface area contributed by atoms with Crippen molar-refractivity contribution in [1.82, 2.24) is 0 Å². The summed E-state index contributed by atoms with van der Waals surface area (Å²) < 4.78 is 5.58. The molecule has 0 aromatic heterocycles. The van der Waals surface area contributed by atoms with Gasteiger partial charge < -0.3 is 14.6 Å². The van der Waals surface area contributed by atoms with Crippen LogP contribution in [0.15, 0.2) is 12.1 Å². The normalized spacial score (nSPS) is 13.5. The summed E-state index contributed by atoms with van der Waals surface area (Å²) in [6, 6.07) is 4.19. The zero-order valence-corrected chi connectivity index (χ0v) is 10.1. The maximum atomic E-state index is 10.5. The number of hydrogen-bond acceptors (Lipinski definition) is 3. The zero-order chi connectivity index (χ0) is 12.3. The van der Waals surface area contributed by atoms with Crippen molar-refractivity contribution < 1.29 is 14.6 Å². The van der Waals surface area contributed by atoms with Gasteiger partial charge in [-0.25, -0.2) is 0 Å². The second-order valence-electron chi connectivity index (χ2n) is 4.39. The number of ether oxygens (including phenoxy) is 1. The summed E-state index contributed by atoms with van der Waals surface area (Å²) in [4.78, 5) is 10.5. The van der Waals surface area contributed by atoms with E-state index in [0.29, 0.717) is 13.0 Å². The molecule has 1 aliphatic rings. The molecule has 0 unspecified atom stereocenters. The lowest BCUT2D eigenvalue weighted by Gasteiger charge is -2.13. The molecule has 3 heteroatoms. The molecule has 0 amide bonds. The molecule has 2 rings (SSSR count). The molecule has 0 heterocycles. The van der Waals surface area contributed by atoms with Crippen LogP contribution in [0, 0.1) is 0 Å². The van der Waals surface area contributed by atoms with Crippen LogP contribution in [-0.2, 0) is 24.1 Å². The summed E-state index contributed by atoms with van der Waals surface area (Å²) in [5.41, 5.74) is 3.70. The van der Waals surface area contributed by atoms with Gasteiger partial charge in [-0.3, -0.25) is 0 Å². The smallest absolute Gasteiger partial charge is 0.122 e. The van der Waals surface area contributed by atoms with Crippen LogP contribution in [0.3, 0.4) is 0 Å². The molecule has 92 valence electrons. The molecule has 0 radical (unpaired) electrons.